The lowest BCUT2D eigenvalue weighted by atomic mass is 10.2. The molecule has 0 saturated heterocycles. The van der Waals surface area contributed by atoms with Crippen LogP contribution >= 0.6 is 11.3 Å². The van der Waals surface area contributed by atoms with Crippen molar-refractivity contribution in [2.24, 2.45) is 0 Å². The summed E-state index contributed by atoms with van der Waals surface area (Å²) in [6, 6.07) is 17.9. The number of hydrogen-bond donors (Lipinski definition) is 2. The summed E-state index contributed by atoms with van der Waals surface area (Å²) in [6.07, 6.45) is -0.474. The van der Waals surface area contributed by atoms with Crippen LogP contribution in [-0.2, 0) is 6.54 Å². The van der Waals surface area contributed by atoms with E-state index in [0.717, 1.165) is 20.7 Å². The van der Waals surface area contributed by atoms with E-state index in [2.05, 4.69) is 24.5 Å². The van der Waals surface area contributed by atoms with Crippen molar-refractivity contribution in [1.82, 2.24) is 5.32 Å². The van der Waals surface area contributed by atoms with Gasteiger partial charge in [0.1, 0.15) is 5.75 Å². The number of rotatable bonds is 5. The summed E-state index contributed by atoms with van der Waals surface area (Å²) < 4.78 is 6.63. The summed E-state index contributed by atoms with van der Waals surface area (Å²) in [6.45, 7) is 4.82. The lowest BCUT2D eigenvalue weighted by Gasteiger charge is -2.12. The highest BCUT2D eigenvalue weighted by Gasteiger charge is 2.11. The van der Waals surface area contributed by atoms with Crippen LogP contribution in [0.3, 0.4) is 0 Å². The Morgan fingerprint density at radius 2 is 1.88 bits per heavy atom. The van der Waals surface area contributed by atoms with Crippen molar-refractivity contribution in [3.05, 3.63) is 60.2 Å². The number of anilines is 1. The van der Waals surface area contributed by atoms with E-state index >= 15 is 0 Å². The molecule has 1 heterocycles. The van der Waals surface area contributed by atoms with Crippen molar-refractivity contribution >= 4 is 32.5 Å². The molecule has 0 aliphatic carbocycles. The largest absolute Gasteiger partial charge is 0.417 e. The van der Waals surface area contributed by atoms with Crippen LogP contribution in [0, 0.1) is 0 Å². The fourth-order valence-electron chi connectivity index (χ4n) is 2.33. The predicted molar refractivity (Wildman–Crippen MR) is 99.9 cm³/mol. The molecule has 0 radical (unpaired) electrons. The van der Waals surface area contributed by atoms with Gasteiger partial charge in [-0.25, -0.2) is 4.79 Å². The van der Waals surface area contributed by atoms with Gasteiger partial charge in [0.15, 0.2) is 0 Å². The Morgan fingerprint density at radius 1 is 1.12 bits per heavy atom. The second-order valence-corrected chi connectivity index (χ2v) is 6.89. The van der Waals surface area contributed by atoms with E-state index in [1.54, 1.807) is 0 Å². The lowest BCUT2D eigenvalue weighted by molar-refractivity contribution is 0.214. The van der Waals surface area contributed by atoms with Gasteiger partial charge in [0.25, 0.3) is 0 Å². The maximum Gasteiger partial charge on any atom is 0.417 e. The number of carbonyl (C=O) groups excluding carboxylic acids is 1. The van der Waals surface area contributed by atoms with Gasteiger partial charge < -0.3 is 10.1 Å². The third-order valence-electron chi connectivity index (χ3n) is 3.53. The number of thiophene rings is 1. The van der Waals surface area contributed by atoms with Crippen molar-refractivity contribution in [1.29, 1.82) is 0 Å². The van der Waals surface area contributed by atoms with Gasteiger partial charge in [0.05, 0.1) is 5.00 Å². The number of hydrogen-bond acceptors (Lipinski definition) is 4. The van der Waals surface area contributed by atoms with E-state index in [4.69, 9.17) is 4.74 Å². The zero-order valence-electron chi connectivity index (χ0n) is 13.7. The number of carbonyl (C=O) groups is 1. The molecule has 2 N–H and O–H groups in total. The van der Waals surface area contributed by atoms with Crippen molar-refractivity contribution in [2.45, 2.75) is 26.4 Å². The van der Waals surface area contributed by atoms with E-state index in [9.17, 15) is 4.79 Å². The molecule has 0 fully saturated rings. The van der Waals surface area contributed by atoms with Gasteiger partial charge in [0, 0.05) is 22.8 Å². The minimum atomic E-state index is -0.474. The fraction of sp³-hybridized carbons (Fsp3) is 0.211. The smallest absolute Gasteiger partial charge is 0.410 e. The molecule has 0 aliphatic heterocycles. The molecule has 24 heavy (non-hydrogen) atoms. The summed E-state index contributed by atoms with van der Waals surface area (Å²) in [5.74, 6) is 0.573. The Kier molecular flexibility index (Phi) is 5.13. The van der Waals surface area contributed by atoms with Gasteiger partial charge in [-0.2, -0.15) is 0 Å². The number of benzene rings is 2. The summed E-state index contributed by atoms with van der Waals surface area (Å²) in [7, 11) is 0. The van der Waals surface area contributed by atoms with Crippen LogP contribution in [-0.4, -0.2) is 12.1 Å². The predicted octanol–water partition coefficient (Wildman–Crippen LogP) is 5.01. The Labute approximate surface area is 145 Å². The van der Waals surface area contributed by atoms with Crippen molar-refractivity contribution < 1.29 is 9.53 Å². The number of para-hydroxylation sites is 1. The Morgan fingerprint density at radius 3 is 2.67 bits per heavy atom. The molecule has 0 aliphatic rings. The van der Waals surface area contributed by atoms with E-state index in [1.807, 2.05) is 54.6 Å². The molecular weight excluding hydrogens is 320 g/mol. The summed E-state index contributed by atoms with van der Waals surface area (Å²) in [5.41, 5.74) is 0.956. The van der Waals surface area contributed by atoms with E-state index in [-0.39, 0.29) is 0 Å². The zero-order chi connectivity index (χ0) is 16.9. The molecule has 5 heteroatoms. The number of fused-ring (bicyclic) bond motifs is 1. The maximum absolute atomic E-state index is 12.2. The molecule has 0 saturated carbocycles. The maximum atomic E-state index is 12.2. The minimum absolute atomic E-state index is 0.366. The quantitative estimate of drug-likeness (QED) is 0.686. The van der Waals surface area contributed by atoms with Gasteiger partial charge in [-0.05, 0) is 23.6 Å². The van der Waals surface area contributed by atoms with Gasteiger partial charge in [0.2, 0.25) is 0 Å². The third kappa shape index (κ3) is 4.13. The molecule has 0 bridgehead atoms. The number of amides is 1. The molecule has 3 rings (SSSR count). The highest BCUT2D eigenvalue weighted by molar-refractivity contribution is 7.22. The highest BCUT2D eigenvalue weighted by atomic mass is 32.1. The topological polar surface area (TPSA) is 50.4 Å². The van der Waals surface area contributed by atoms with Crippen molar-refractivity contribution in [2.75, 3.05) is 5.32 Å². The minimum Gasteiger partial charge on any atom is -0.410 e. The SMILES string of the molecule is CC(C)NCc1ccccc1OC(=O)Nc1cc2ccccc2s1. The van der Waals surface area contributed by atoms with Gasteiger partial charge in [-0.1, -0.05) is 50.2 Å². The molecule has 3 aromatic rings. The van der Waals surface area contributed by atoms with E-state index < -0.39 is 6.09 Å². The monoisotopic (exact) mass is 340 g/mol. The first kappa shape index (κ1) is 16.5. The van der Waals surface area contributed by atoms with Crippen LogP contribution in [0.1, 0.15) is 19.4 Å². The second-order valence-electron chi connectivity index (χ2n) is 5.81. The van der Waals surface area contributed by atoms with Crippen LogP contribution in [0.5, 0.6) is 5.75 Å². The van der Waals surface area contributed by atoms with Crippen molar-refractivity contribution in [3.8, 4) is 5.75 Å². The Balaban J connectivity index is 1.68. The van der Waals surface area contributed by atoms with E-state index in [0.29, 0.717) is 18.3 Å². The molecule has 1 amide bonds. The number of ether oxygens (including phenoxy) is 1. The Bertz CT molecular complexity index is 809. The Hall–Kier alpha value is -2.37. The average Bonchev–Trinajstić information content (AvgIpc) is 2.96. The normalized spacial score (nSPS) is 11.0. The molecule has 4 nitrogen and oxygen atoms in total. The van der Waals surface area contributed by atoms with Crippen LogP contribution in [0.4, 0.5) is 9.80 Å². The van der Waals surface area contributed by atoms with Gasteiger partial charge in [-0.15, -0.1) is 11.3 Å². The lowest BCUT2D eigenvalue weighted by Crippen LogP contribution is -2.23. The second kappa shape index (κ2) is 7.47. The number of nitrogens with one attached hydrogen (secondary N) is 2. The standard InChI is InChI=1S/C19H20N2O2S/c1-13(2)20-12-15-8-3-5-9-16(15)23-19(22)21-18-11-14-7-4-6-10-17(14)24-18/h3-11,13,20H,12H2,1-2H3,(H,21,22). The third-order valence-corrected chi connectivity index (χ3v) is 4.56. The first-order valence-corrected chi connectivity index (χ1v) is 8.72. The zero-order valence-corrected chi connectivity index (χ0v) is 14.5. The summed E-state index contributed by atoms with van der Waals surface area (Å²) >= 11 is 1.53. The molecular formula is C19H20N2O2S. The first-order valence-electron chi connectivity index (χ1n) is 7.90. The van der Waals surface area contributed by atoms with E-state index in [1.165, 1.54) is 11.3 Å². The van der Waals surface area contributed by atoms with Gasteiger partial charge in [-0.3, -0.25) is 5.32 Å². The van der Waals surface area contributed by atoms with Crippen molar-refractivity contribution in [3.63, 3.8) is 0 Å². The molecule has 2 aromatic carbocycles. The summed E-state index contributed by atoms with van der Waals surface area (Å²) in [4.78, 5) is 12.2. The molecule has 124 valence electrons. The van der Waals surface area contributed by atoms with Crippen LogP contribution in [0.15, 0.2) is 54.6 Å². The summed E-state index contributed by atoms with van der Waals surface area (Å²) in [5, 5.41) is 8.03. The van der Waals surface area contributed by atoms with Crippen LogP contribution in [0.2, 0.25) is 0 Å². The fourth-order valence-corrected chi connectivity index (χ4v) is 3.28. The van der Waals surface area contributed by atoms with Gasteiger partial charge >= 0.3 is 6.09 Å². The highest BCUT2D eigenvalue weighted by Crippen LogP contribution is 2.29. The van der Waals surface area contributed by atoms with Crippen LogP contribution < -0.4 is 15.4 Å². The molecule has 1 aromatic heterocycles. The first-order chi connectivity index (χ1) is 11.6. The molecule has 0 spiro atoms. The van der Waals surface area contributed by atoms with Crippen LogP contribution in [0.25, 0.3) is 10.1 Å². The molecule has 0 unspecified atom stereocenters. The molecule has 0 atom stereocenters. The average molecular weight is 340 g/mol.